The molecule has 1 fully saturated rings. The van der Waals surface area contributed by atoms with E-state index in [1.54, 1.807) is 0 Å². The van der Waals surface area contributed by atoms with Crippen molar-refractivity contribution in [2.75, 3.05) is 18.2 Å². The molecule has 0 aliphatic carbocycles. The van der Waals surface area contributed by atoms with E-state index < -0.39 is 0 Å². The first-order valence-electron chi connectivity index (χ1n) is 6.21. The van der Waals surface area contributed by atoms with E-state index in [4.69, 9.17) is 0 Å². The van der Waals surface area contributed by atoms with Crippen LogP contribution in [0.4, 0.5) is 0 Å². The molecule has 0 spiro atoms. The minimum Gasteiger partial charge on any atom is -0.396 e. The van der Waals surface area contributed by atoms with Crippen molar-refractivity contribution in [2.45, 2.75) is 38.6 Å². The second kappa shape index (κ2) is 5.34. The number of nitrogens with zero attached hydrogens (tertiary/aromatic N) is 3. The molecular formula is C12H21N3O. The van der Waals surface area contributed by atoms with Crippen LogP contribution in [0.5, 0.6) is 0 Å². The van der Waals surface area contributed by atoms with Gasteiger partial charge in [0.2, 0.25) is 0 Å². The molecule has 2 unspecified atom stereocenters. The van der Waals surface area contributed by atoms with E-state index in [9.17, 15) is 5.11 Å². The van der Waals surface area contributed by atoms with E-state index in [0.717, 1.165) is 19.4 Å². The molecule has 0 saturated carbocycles. The highest BCUT2D eigenvalue weighted by atomic mass is 16.3. The topological polar surface area (TPSA) is 41.3 Å². The molecule has 2 rings (SSSR count). The molecule has 1 aliphatic heterocycles. The van der Waals surface area contributed by atoms with E-state index in [1.165, 1.54) is 12.8 Å². The summed E-state index contributed by atoms with van der Waals surface area (Å²) in [5.41, 5.74) is 0. The van der Waals surface area contributed by atoms with Gasteiger partial charge in [0.15, 0.2) is 0 Å². The second-order valence-electron chi connectivity index (χ2n) is 4.62. The highest BCUT2D eigenvalue weighted by Gasteiger charge is 2.27. The zero-order chi connectivity index (χ0) is 11.4. The summed E-state index contributed by atoms with van der Waals surface area (Å²) in [5, 5.41) is 11.6. The lowest BCUT2D eigenvalue weighted by molar-refractivity contribution is 0.173. The summed E-state index contributed by atoms with van der Waals surface area (Å²) in [6, 6.07) is 0.546. The maximum Gasteiger partial charge on any atom is 0.114 e. The van der Waals surface area contributed by atoms with Gasteiger partial charge in [-0.05, 0) is 25.2 Å². The zero-order valence-electron chi connectivity index (χ0n) is 9.92. The number of aliphatic hydroxyl groups is 1. The van der Waals surface area contributed by atoms with Crippen LogP contribution < -0.4 is 5.01 Å². The SMILES string of the molecule is CCCC1CC(CO)CCN1n1ccnc1. The molecule has 1 aromatic rings. The first-order valence-corrected chi connectivity index (χ1v) is 6.21. The van der Waals surface area contributed by atoms with Gasteiger partial charge in [-0.1, -0.05) is 13.3 Å². The molecule has 0 radical (unpaired) electrons. The maximum absolute atomic E-state index is 9.26. The second-order valence-corrected chi connectivity index (χ2v) is 4.62. The Kier molecular flexibility index (Phi) is 3.83. The molecule has 1 N–H and O–H groups in total. The van der Waals surface area contributed by atoms with E-state index in [1.807, 2.05) is 18.7 Å². The number of hydrogen-bond acceptors (Lipinski definition) is 3. The van der Waals surface area contributed by atoms with Gasteiger partial charge in [0.1, 0.15) is 6.33 Å². The minimum absolute atomic E-state index is 0.331. The quantitative estimate of drug-likeness (QED) is 0.838. The lowest BCUT2D eigenvalue weighted by Gasteiger charge is -2.40. The first kappa shape index (κ1) is 11.5. The third-order valence-electron chi connectivity index (χ3n) is 3.46. The first-order chi connectivity index (χ1) is 7.85. The number of imidazole rings is 1. The molecule has 1 aliphatic rings. The van der Waals surface area contributed by atoms with Gasteiger partial charge in [0, 0.05) is 31.6 Å². The van der Waals surface area contributed by atoms with Gasteiger partial charge in [0.05, 0.1) is 0 Å². The smallest absolute Gasteiger partial charge is 0.114 e. The Balaban J connectivity index is 2.06. The predicted octanol–water partition coefficient (Wildman–Crippen LogP) is 1.39. The maximum atomic E-state index is 9.26. The zero-order valence-corrected chi connectivity index (χ0v) is 9.92. The summed E-state index contributed by atoms with van der Waals surface area (Å²) in [6.45, 7) is 3.57. The number of hydrogen-bond donors (Lipinski definition) is 1. The van der Waals surface area contributed by atoms with Gasteiger partial charge in [-0.2, -0.15) is 0 Å². The van der Waals surface area contributed by atoms with Crippen molar-refractivity contribution >= 4 is 0 Å². The number of rotatable bonds is 4. The molecule has 2 atom stereocenters. The van der Waals surface area contributed by atoms with Gasteiger partial charge in [-0.15, -0.1) is 0 Å². The van der Waals surface area contributed by atoms with Crippen molar-refractivity contribution in [2.24, 2.45) is 5.92 Å². The van der Waals surface area contributed by atoms with Crippen molar-refractivity contribution in [3.05, 3.63) is 18.7 Å². The van der Waals surface area contributed by atoms with Crippen LogP contribution in [-0.2, 0) is 0 Å². The van der Waals surface area contributed by atoms with E-state index >= 15 is 0 Å². The Morgan fingerprint density at radius 1 is 1.50 bits per heavy atom. The number of piperidine rings is 1. The van der Waals surface area contributed by atoms with Crippen LogP contribution in [0.1, 0.15) is 32.6 Å². The van der Waals surface area contributed by atoms with Crippen molar-refractivity contribution < 1.29 is 5.11 Å². The summed E-state index contributed by atoms with van der Waals surface area (Å²) in [5.74, 6) is 0.483. The van der Waals surface area contributed by atoms with Crippen LogP contribution in [0.2, 0.25) is 0 Å². The van der Waals surface area contributed by atoms with Crippen molar-refractivity contribution in [3.8, 4) is 0 Å². The molecule has 1 aromatic heterocycles. The summed E-state index contributed by atoms with van der Waals surface area (Å²) < 4.78 is 2.09. The molecule has 1 saturated heterocycles. The van der Waals surface area contributed by atoms with Gasteiger partial charge in [0.25, 0.3) is 0 Å². The molecule has 4 heteroatoms. The summed E-state index contributed by atoms with van der Waals surface area (Å²) in [6.07, 6.45) is 10.2. The Labute approximate surface area is 96.9 Å². The fourth-order valence-corrected chi connectivity index (χ4v) is 2.60. The molecule has 0 bridgehead atoms. The van der Waals surface area contributed by atoms with E-state index in [0.29, 0.717) is 18.6 Å². The van der Waals surface area contributed by atoms with E-state index in [2.05, 4.69) is 21.6 Å². The molecule has 0 amide bonds. The van der Waals surface area contributed by atoms with Gasteiger partial charge < -0.3 is 10.1 Å². The molecule has 90 valence electrons. The van der Waals surface area contributed by atoms with Crippen LogP contribution in [0.3, 0.4) is 0 Å². The Bertz CT molecular complexity index is 299. The van der Waals surface area contributed by atoms with E-state index in [-0.39, 0.29) is 0 Å². The lowest BCUT2D eigenvalue weighted by atomic mass is 9.90. The van der Waals surface area contributed by atoms with Crippen molar-refractivity contribution in [1.82, 2.24) is 9.66 Å². The monoisotopic (exact) mass is 223 g/mol. The highest BCUT2D eigenvalue weighted by molar-refractivity contribution is 5.00. The van der Waals surface area contributed by atoms with Gasteiger partial charge in [-0.3, -0.25) is 4.68 Å². The standard InChI is InChI=1S/C12H21N3O/c1-2-3-12-8-11(9-16)4-6-15(12)14-7-5-13-10-14/h5,7,10-12,16H,2-4,6,8-9H2,1H3. The Morgan fingerprint density at radius 3 is 3.00 bits per heavy atom. The molecule has 0 aromatic carbocycles. The molecular weight excluding hydrogens is 202 g/mol. The fraction of sp³-hybridized carbons (Fsp3) is 0.750. The predicted molar refractivity (Wildman–Crippen MR) is 63.8 cm³/mol. The third-order valence-corrected chi connectivity index (χ3v) is 3.46. The lowest BCUT2D eigenvalue weighted by Crippen LogP contribution is -2.49. The van der Waals surface area contributed by atoms with Crippen LogP contribution in [0, 0.1) is 5.92 Å². The number of aliphatic hydroxyl groups excluding tert-OH is 1. The summed E-state index contributed by atoms with van der Waals surface area (Å²) in [4.78, 5) is 4.10. The number of aromatic nitrogens is 2. The van der Waals surface area contributed by atoms with Crippen molar-refractivity contribution in [1.29, 1.82) is 0 Å². The Hall–Kier alpha value is -1.03. The summed E-state index contributed by atoms with van der Waals surface area (Å²) in [7, 11) is 0. The average Bonchev–Trinajstić information content (AvgIpc) is 2.83. The van der Waals surface area contributed by atoms with Crippen LogP contribution in [-0.4, -0.2) is 34.0 Å². The third kappa shape index (κ3) is 2.38. The molecule has 2 heterocycles. The van der Waals surface area contributed by atoms with Gasteiger partial charge in [-0.25, -0.2) is 4.98 Å². The largest absolute Gasteiger partial charge is 0.396 e. The van der Waals surface area contributed by atoms with Crippen LogP contribution in [0.25, 0.3) is 0 Å². The molecule has 16 heavy (non-hydrogen) atoms. The normalized spacial score (nSPS) is 26.0. The van der Waals surface area contributed by atoms with Crippen LogP contribution >= 0.6 is 0 Å². The molecule has 4 nitrogen and oxygen atoms in total. The van der Waals surface area contributed by atoms with Crippen molar-refractivity contribution in [3.63, 3.8) is 0 Å². The van der Waals surface area contributed by atoms with Crippen LogP contribution in [0.15, 0.2) is 18.7 Å². The minimum atomic E-state index is 0.331. The summed E-state index contributed by atoms with van der Waals surface area (Å²) >= 11 is 0. The highest BCUT2D eigenvalue weighted by Crippen LogP contribution is 2.24. The van der Waals surface area contributed by atoms with Gasteiger partial charge >= 0.3 is 0 Å². The fourth-order valence-electron chi connectivity index (χ4n) is 2.60. The Morgan fingerprint density at radius 2 is 2.38 bits per heavy atom. The average molecular weight is 223 g/mol.